The second kappa shape index (κ2) is 9.38. The summed E-state index contributed by atoms with van der Waals surface area (Å²) >= 11 is 0. The Bertz CT molecular complexity index is 294. The summed E-state index contributed by atoms with van der Waals surface area (Å²) in [4.78, 5) is 32.8. The van der Waals surface area contributed by atoms with E-state index in [9.17, 15) is 14.4 Å². The summed E-state index contributed by atoms with van der Waals surface area (Å²) in [5.74, 6) is -2.06. The zero-order valence-electron chi connectivity index (χ0n) is 9.93. The molecule has 0 amide bonds. The first-order valence-corrected chi connectivity index (χ1v) is 5.27. The van der Waals surface area contributed by atoms with E-state index in [2.05, 4.69) is 14.2 Å². The predicted molar refractivity (Wildman–Crippen MR) is 58.0 cm³/mol. The van der Waals surface area contributed by atoms with Gasteiger partial charge in [-0.25, -0.2) is 14.4 Å². The van der Waals surface area contributed by atoms with Gasteiger partial charge in [-0.05, 0) is 13.3 Å². The van der Waals surface area contributed by atoms with Crippen molar-refractivity contribution in [1.82, 2.24) is 0 Å². The van der Waals surface area contributed by atoms with Crippen molar-refractivity contribution < 1.29 is 28.6 Å². The molecule has 0 aromatic heterocycles. The van der Waals surface area contributed by atoms with Gasteiger partial charge in [-0.2, -0.15) is 0 Å². The lowest BCUT2D eigenvalue weighted by molar-refractivity contribution is -0.155. The van der Waals surface area contributed by atoms with Gasteiger partial charge in [0.1, 0.15) is 0 Å². The van der Waals surface area contributed by atoms with Gasteiger partial charge in [0.25, 0.3) is 0 Å². The number of hydrogen-bond donors (Lipinski definition) is 0. The monoisotopic (exact) mass is 244 g/mol. The fraction of sp³-hybridized carbons (Fsp3) is 0.545. The molecule has 6 nitrogen and oxygen atoms in total. The Labute approximate surface area is 99.5 Å². The lowest BCUT2D eigenvalue weighted by Gasteiger charge is -2.01. The molecule has 0 unspecified atom stereocenters. The first-order chi connectivity index (χ1) is 8.10. The maximum Gasteiger partial charge on any atom is 0.344 e. The van der Waals surface area contributed by atoms with E-state index in [0.29, 0.717) is 13.0 Å². The van der Waals surface area contributed by atoms with Crippen LogP contribution in [0, 0.1) is 0 Å². The van der Waals surface area contributed by atoms with Crippen LogP contribution < -0.4 is 0 Å². The van der Waals surface area contributed by atoms with E-state index in [4.69, 9.17) is 0 Å². The van der Waals surface area contributed by atoms with Crippen molar-refractivity contribution in [3.05, 3.63) is 12.2 Å². The molecule has 0 aliphatic heterocycles. The summed E-state index contributed by atoms with van der Waals surface area (Å²) in [6, 6.07) is 0. The van der Waals surface area contributed by atoms with E-state index in [1.165, 1.54) is 0 Å². The molecule has 0 saturated heterocycles. The molecular formula is C11H16O6. The Kier molecular flexibility index (Phi) is 8.36. The number of carbonyl (C=O) groups is 3. The van der Waals surface area contributed by atoms with Crippen molar-refractivity contribution in [3.63, 3.8) is 0 Å². The van der Waals surface area contributed by atoms with Gasteiger partial charge in [-0.3, -0.25) is 0 Å². The van der Waals surface area contributed by atoms with Gasteiger partial charge >= 0.3 is 17.9 Å². The molecule has 0 aromatic carbocycles. The smallest absolute Gasteiger partial charge is 0.344 e. The number of esters is 3. The first kappa shape index (κ1) is 15.2. The third kappa shape index (κ3) is 9.10. The van der Waals surface area contributed by atoms with Gasteiger partial charge in [0.2, 0.25) is 0 Å². The van der Waals surface area contributed by atoms with Crippen molar-refractivity contribution in [2.75, 3.05) is 19.8 Å². The van der Waals surface area contributed by atoms with Crippen LogP contribution in [0.2, 0.25) is 0 Å². The van der Waals surface area contributed by atoms with Gasteiger partial charge in [0.15, 0.2) is 6.61 Å². The van der Waals surface area contributed by atoms with Crippen molar-refractivity contribution in [3.8, 4) is 0 Å². The minimum atomic E-state index is -0.800. The number of rotatable bonds is 7. The van der Waals surface area contributed by atoms with Gasteiger partial charge in [0.05, 0.1) is 13.2 Å². The van der Waals surface area contributed by atoms with Crippen LogP contribution in [-0.4, -0.2) is 37.7 Å². The third-order valence-corrected chi connectivity index (χ3v) is 1.44. The van der Waals surface area contributed by atoms with E-state index in [0.717, 1.165) is 12.2 Å². The van der Waals surface area contributed by atoms with Gasteiger partial charge in [0, 0.05) is 12.2 Å². The van der Waals surface area contributed by atoms with Crippen molar-refractivity contribution in [2.45, 2.75) is 20.3 Å². The maximum absolute atomic E-state index is 11.0. The average molecular weight is 244 g/mol. The van der Waals surface area contributed by atoms with Crippen LogP contribution in [0.5, 0.6) is 0 Å². The van der Waals surface area contributed by atoms with Crippen molar-refractivity contribution >= 4 is 17.9 Å². The molecular weight excluding hydrogens is 228 g/mol. The SMILES string of the molecule is CCCOC(=O)/C=C/C(=O)OCC(=O)OCC. The normalized spacial score (nSPS) is 10.0. The number of carbonyl (C=O) groups excluding carboxylic acids is 3. The van der Waals surface area contributed by atoms with Gasteiger partial charge in [-0.1, -0.05) is 6.92 Å². The molecule has 96 valence electrons. The van der Waals surface area contributed by atoms with E-state index in [1.54, 1.807) is 6.92 Å². The van der Waals surface area contributed by atoms with Crippen molar-refractivity contribution in [2.24, 2.45) is 0 Å². The summed E-state index contributed by atoms with van der Waals surface area (Å²) in [7, 11) is 0. The highest BCUT2D eigenvalue weighted by Crippen LogP contribution is 1.88. The molecule has 0 atom stereocenters. The Morgan fingerprint density at radius 2 is 1.53 bits per heavy atom. The Balaban J connectivity index is 3.81. The van der Waals surface area contributed by atoms with Crippen LogP contribution in [0.15, 0.2) is 12.2 Å². The van der Waals surface area contributed by atoms with Crippen LogP contribution >= 0.6 is 0 Å². The molecule has 0 spiro atoms. The lowest BCUT2D eigenvalue weighted by atomic mass is 10.5. The number of ether oxygens (including phenoxy) is 3. The first-order valence-electron chi connectivity index (χ1n) is 5.27. The van der Waals surface area contributed by atoms with Crippen LogP contribution in [0.4, 0.5) is 0 Å². The molecule has 0 aliphatic rings. The number of hydrogen-bond acceptors (Lipinski definition) is 6. The van der Waals surface area contributed by atoms with E-state index >= 15 is 0 Å². The van der Waals surface area contributed by atoms with Gasteiger partial charge < -0.3 is 14.2 Å². The topological polar surface area (TPSA) is 78.9 Å². The molecule has 0 aromatic rings. The summed E-state index contributed by atoms with van der Waals surface area (Å²) in [6.45, 7) is 3.53. The second-order valence-electron chi connectivity index (χ2n) is 2.91. The highest BCUT2D eigenvalue weighted by Gasteiger charge is 2.05. The maximum atomic E-state index is 11.0. The molecule has 6 heteroatoms. The third-order valence-electron chi connectivity index (χ3n) is 1.44. The largest absolute Gasteiger partial charge is 0.463 e. The molecule has 0 radical (unpaired) electrons. The fourth-order valence-corrected chi connectivity index (χ4v) is 0.768. The van der Waals surface area contributed by atoms with Crippen LogP contribution in [0.3, 0.4) is 0 Å². The van der Waals surface area contributed by atoms with Crippen LogP contribution in [0.1, 0.15) is 20.3 Å². The quantitative estimate of drug-likeness (QED) is 0.371. The average Bonchev–Trinajstić information content (AvgIpc) is 2.31. The molecule has 0 N–H and O–H groups in total. The predicted octanol–water partition coefficient (Wildman–Crippen LogP) is 0.602. The second-order valence-corrected chi connectivity index (χ2v) is 2.91. The summed E-state index contributed by atoms with van der Waals surface area (Å²) < 4.78 is 13.7. The van der Waals surface area contributed by atoms with Crippen molar-refractivity contribution in [1.29, 1.82) is 0 Å². The minimum absolute atomic E-state index is 0.218. The highest BCUT2D eigenvalue weighted by atomic mass is 16.6. The Hall–Kier alpha value is -1.85. The minimum Gasteiger partial charge on any atom is -0.463 e. The van der Waals surface area contributed by atoms with E-state index < -0.39 is 24.5 Å². The molecule has 17 heavy (non-hydrogen) atoms. The van der Waals surface area contributed by atoms with E-state index in [1.807, 2.05) is 6.92 Å². The summed E-state index contributed by atoms with van der Waals surface area (Å²) in [5, 5.41) is 0. The van der Waals surface area contributed by atoms with Gasteiger partial charge in [-0.15, -0.1) is 0 Å². The molecule has 0 bridgehead atoms. The highest BCUT2D eigenvalue weighted by molar-refractivity contribution is 5.92. The molecule has 0 heterocycles. The molecule has 0 aliphatic carbocycles. The standard InChI is InChI=1S/C11H16O6/c1-3-7-16-9(12)5-6-10(13)17-8-11(14)15-4-2/h5-6H,3-4,7-8H2,1-2H3/b6-5+. The Morgan fingerprint density at radius 3 is 2.06 bits per heavy atom. The van der Waals surface area contributed by atoms with Crippen LogP contribution in [0.25, 0.3) is 0 Å². The molecule has 0 fully saturated rings. The zero-order valence-corrected chi connectivity index (χ0v) is 9.93. The van der Waals surface area contributed by atoms with Crippen LogP contribution in [-0.2, 0) is 28.6 Å². The molecule has 0 rings (SSSR count). The summed E-state index contributed by atoms with van der Waals surface area (Å²) in [5.41, 5.74) is 0. The lowest BCUT2D eigenvalue weighted by Crippen LogP contribution is -2.15. The fourth-order valence-electron chi connectivity index (χ4n) is 0.768. The Morgan fingerprint density at radius 1 is 0.941 bits per heavy atom. The zero-order chi connectivity index (χ0) is 13.1. The summed E-state index contributed by atoms with van der Waals surface area (Å²) in [6.07, 6.45) is 2.55. The molecule has 0 saturated carbocycles. The van der Waals surface area contributed by atoms with E-state index in [-0.39, 0.29) is 6.61 Å².